The van der Waals surface area contributed by atoms with Gasteiger partial charge in [-0.3, -0.25) is 0 Å². The van der Waals surface area contributed by atoms with Gasteiger partial charge in [0.05, 0.1) is 12.8 Å². The van der Waals surface area contributed by atoms with Crippen molar-refractivity contribution in [3.05, 3.63) is 18.2 Å². The second-order valence-corrected chi connectivity index (χ2v) is 3.05. The largest absolute Gasteiger partial charge is 0.497 e. The van der Waals surface area contributed by atoms with Crippen molar-refractivity contribution in [2.75, 3.05) is 12.8 Å². The van der Waals surface area contributed by atoms with Gasteiger partial charge in [0.1, 0.15) is 17.6 Å². The summed E-state index contributed by atoms with van der Waals surface area (Å²) < 4.78 is 10.4. The van der Waals surface area contributed by atoms with Crippen LogP contribution in [0.5, 0.6) is 11.5 Å². The molecule has 0 spiro atoms. The van der Waals surface area contributed by atoms with E-state index in [-0.39, 0.29) is 0 Å². The predicted molar refractivity (Wildman–Crippen MR) is 57.7 cm³/mol. The second kappa shape index (κ2) is 5.11. The molecule has 0 heterocycles. The summed E-state index contributed by atoms with van der Waals surface area (Å²) in [6.45, 7) is 1.88. The minimum atomic E-state index is -0.458. The van der Waals surface area contributed by atoms with E-state index in [2.05, 4.69) is 0 Å². The maximum atomic E-state index is 8.74. The highest BCUT2D eigenvalue weighted by atomic mass is 16.5. The van der Waals surface area contributed by atoms with E-state index in [1.807, 2.05) is 13.0 Å². The maximum Gasteiger partial charge on any atom is 0.184 e. The number of rotatable bonds is 4. The molecule has 2 N–H and O–H groups in total. The van der Waals surface area contributed by atoms with E-state index in [1.165, 1.54) is 0 Å². The first kappa shape index (κ1) is 11.2. The molecule has 0 aliphatic carbocycles. The number of hydrogen-bond donors (Lipinski definition) is 1. The number of nitriles is 1. The third kappa shape index (κ3) is 2.78. The van der Waals surface area contributed by atoms with Crippen LogP contribution < -0.4 is 15.2 Å². The van der Waals surface area contributed by atoms with Gasteiger partial charge in [0.15, 0.2) is 6.10 Å². The Labute approximate surface area is 89.2 Å². The van der Waals surface area contributed by atoms with Crippen molar-refractivity contribution < 1.29 is 9.47 Å². The fourth-order valence-corrected chi connectivity index (χ4v) is 1.12. The van der Waals surface area contributed by atoms with Crippen molar-refractivity contribution in [2.45, 2.75) is 19.4 Å². The topological polar surface area (TPSA) is 68.3 Å². The Morgan fingerprint density at radius 3 is 2.73 bits per heavy atom. The van der Waals surface area contributed by atoms with Gasteiger partial charge in [-0.2, -0.15) is 5.26 Å². The summed E-state index contributed by atoms with van der Waals surface area (Å²) in [5.74, 6) is 1.19. The van der Waals surface area contributed by atoms with E-state index in [9.17, 15) is 0 Å². The Hall–Kier alpha value is -1.89. The van der Waals surface area contributed by atoms with Crippen LogP contribution in [0.3, 0.4) is 0 Å². The lowest BCUT2D eigenvalue weighted by Crippen LogP contribution is -2.13. The lowest BCUT2D eigenvalue weighted by molar-refractivity contribution is 0.253. The van der Waals surface area contributed by atoms with Crippen molar-refractivity contribution >= 4 is 5.69 Å². The number of methoxy groups -OCH3 is 1. The molecule has 4 heteroatoms. The predicted octanol–water partition coefficient (Wildman–Crippen LogP) is 1.96. The summed E-state index contributed by atoms with van der Waals surface area (Å²) in [5.41, 5.74) is 6.22. The quantitative estimate of drug-likeness (QED) is 0.764. The molecule has 15 heavy (non-hydrogen) atoms. The normalized spacial score (nSPS) is 11.5. The Kier molecular flexibility index (Phi) is 3.81. The van der Waals surface area contributed by atoms with Crippen LogP contribution in [0.4, 0.5) is 5.69 Å². The summed E-state index contributed by atoms with van der Waals surface area (Å²) in [4.78, 5) is 0. The highest BCUT2D eigenvalue weighted by molar-refractivity contribution is 5.56. The zero-order chi connectivity index (χ0) is 11.3. The van der Waals surface area contributed by atoms with Crippen LogP contribution in [0.1, 0.15) is 13.3 Å². The van der Waals surface area contributed by atoms with Gasteiger partial charge in [0.25, 0.3) is 0 Å². The number of benzene rings is 1. The van der Waals surface area contributed by atoms with E-state index >= 15 is 0 Å². The van der Waals surface area contributed by atoms with E-state index in [0.29, 0.717) is 23.6 Å². The molecule has 80 valence electrons. The van der Waals surface area contributed by atoms with E-state index in [1.54, 1.807) is 25.3 Å². The fraction of sp³-hybridized carbons (Fsp3) is 0.364. The van der Waals surface area contributed by atoms with Gasteiger partial charge >= 0.3 is 0 Å². The Morgan fingerprint density at radius 1 is 1.53 bits per heavy atom. The summed E-state index contributed by atoms with van der Waals surface area (Å²) >= 11 is 0. The Balaban J connectivity index is 2.83. The Bertz CT molecular complexity index is 371. The highest BCUT2D eigenvalue weighted by Gasteiger charge is 2.09. The molecule has 0 saturated carbocycles. The summed E-state index contributed by atoms with van der Waals surface area (Å²) in [6, 6.07) is 7.16. The van der Waals surface area contributed by atoms with Crippen LogP contribution in [0.25, 0.3) is 0 Å². The minimum Gasteiger partial charge on any atom is -0.497 e. The van der Waals surface area contributed by atoms with Gasteiger partial charge in [0.2, 0.25) is 0 Å². The molecule has 0 saturated heterocycles. The van der Waals surface area contributed by atoms with Crippen LogP contribution in [0, 0.1) is 11.3 Å². The lowest BCUT2D eigenvalue weighted by Gasteiger charge is -2.12. The van der Waals surface area contributed by atoms with Crippen molar-refractivity contribution in [3.63, 3.8) is 0 Å². The van der Waals surface area contributed by atoms with Gasteiger partial charge in [-0.1, -0.05) is 6.92 Å². The van der Waals surface area contributed by atoms with Crippen LogP contribution in [0.2, 0.25) is 0 Å². The molecule has 4 nitrogen and oxygen atoms in total. The molecule has 0 aliphatic heterocycles. The van der Waals surface area contributed by atoms with E-state index in [0.717, 1.165) is 0 Å². The van der Waals surface area contributed by atoms with Crippen LogP contribution in [-0.4, -0.2) is 13.2 Å². The monoisotopic (exact) mass is 206 g/mol. The number of nitrogens with zero attached hydrogens (tertiary/aromatic N) is 1. The molecule has 0 fully saturated rings. The molecule has 1 unspecified atom stereocenters. The van der Waals surface area contributed by atoms with Gasteiger partial charge in [-0.25, -0.2) is 0 Å². The molecule has 0 amide bonds. The van der Waals surface area contributed by atoms with Gasteiger partial charge in [-0.05, 0) is 18.6 Å². The standard InChI is InChI=1S/C11H14N2O2/c1-3-8(7-12)15-11-5-4-9(14-2)6-10(11)13/h4-6,8H,3,13H2,1-2H3. The first-order chi connectivity index (χ1) is 7.21. The fourth-order valence-electron chi connectivity index (χ4n) is 1.12. The molecule has 0 aliphatic rings. The van der Waals surface area contributed by atoms with Crippen LogP contribution >= 0.6 is 0 Å². The van der Waals surface area contributed by atoms with Crippen molar-refractivity contribution in [1.82, 2.24) is 0 Å². The van der Waals surface area contributed by atoms with Crippen LogP contribution in [0.15, 0.2) is 18.2 Å². The zero-order valence-electron chi connectivity index (χ0n) is 8.86. The minimum absolute atomic E-state index is 0.458. The summed E-state index contributed by atoms with van der Waals surface area (Å²) in [5, 5.41) is 8.74. The van der Waals surface area contributed by atoms with Gasteiger partial charge in [0, 0.05) is 6.07 Å². The number of nitrogen functional groups attached to an aromatic ring is 1. The van der Waals surface area contributed by atoms with E-state index in [4.69, 9.17) is 20.5 Å². The highest BCUT2D eigenvalue weighted by Crippen LogP contribution is 2.27. The average molecular weight is 206 g/mol. The number of hydrogen-bond acceptors (Lipinski definition) is 4. The smallest absolute Gasteiger partial charge is 0.184 e. The molecule has 1 aromatic carbocycles. The van der Waals surface area contributed by atoms with Gasteiger partial charge in [-0.15, -0.1) is 0 Å². The molecule has 1 rings (SSSR count). The maximum absolute atomic E-state index is 8.74. The average Bonchev–Trinajstić information content (AvgIpc) is 2.27. The van der Waals surface area contributed by atoms with E-state index < -0.39 is 6.10 Å². The number of anilines is 1. The molecule has 1 atom stereocenters. The first-order valence-corrected chi connectivity index (χ1v) is 4.71. The molecule has 0 aromatic heterocycles. The van der Waals surface area contributed by atoms with Gasteiger partial charge < -0.3 is 15.2 Å². The first-order valence-electron chi connectivity index (χ1n) is 4.71. The lowest BCUT2D eigenvalue weighted by atomic mass is 10.2. The van der Waals surface area contributed by atoms with Crippen molar-refractivity contribution in [3.8, 4) is 17.6 Å². The van der Waals surface area contributed by atoms with Crippen molar-refractivity contribution in [1.29, 1.82) is 5.26 Å². The summed E-state index contributed by atoms with van der Waals surface area (Å²) in [6.07, 6.45) is 0.169. The molecule has 0 radical (unpaired) electrons. The summed E-state index contributed by atoms with van der Waals surface area (Å²) in [7, 11) is 1.57. The zero-order valence-corrected chi connectivity index (χ0v) is 8.86. The molecule has 0 bridgehead atoms. The van der Waals surface area contributed by atoms with Crippen LogP contribution in [-0.2, 0) is 0 Å². The third-order valence-corrected chi connectivity index (χ3v) is 2.00. The third-order valence-electron chi connectivity index (χ3n) is 2.00. The number of nitrogens with two attached hydrogens (primary N) is 1. The SMILES string of the molecule is CCC(C#N)Oc1ccc(OC)cc1N. The molecule has 1 aromatic rings. The number of ether oxygens (including phenoxy) is 2. The molecular formula is C11H14N2O2. The Morgan fingerprint density at radius 2 is 2.27 bits per heavy atom. The molecular weight excluding hydrogens is 192 g/mol. The second-order valence-electron chi connectivity index (χ2n) is 3.05. The van der Waals surface area contributed by atoms with Crippen molar-refractivity contribution in [2.24, 2.45) is 0 Å².